The van der Waals surface area contributed by atoms with Gasteiger partial charge in [-0.3, -0.25) is 0 Å². The first kappa shape index (κ1) is 15.0. The molecule has 0 amide bonds. The Kier molecular flexibility index (Phi) is 3.65. The fourth-order valence-electron chi connectivity index (χ4n) is 3.53. The number of anilines is 1. The van der Waals surface area contributed by atoms with Gasteiger partial charge in [0.1, 0.15) is 16.8 Å². The lowest BCUT2D eigenvalue weighted by molar-refractivity contribution is 0.133. The summed E-state index contributed by atoms with van der Waals surface area (Å²) in [6.45, 7) is 10.1. The standard InChI is InChI=1S/C16H24ClN3O/c1-9-13(17)18-15(16(2,3)4)19-14(9)20-7-10-5-6-12(21)11(10)8-20/h10-12,21H,5-8H2,1-4H3. The van der Waals surface area contributed by atoms with Crippen LogP contribution in [0.1, 0.15) is 45.0 Å². The summed E-state index contributed by atoms with van der Waals surface area (Å²) < 4.78 is 0. The van der Waals surface area contributed by atoms with Crippen molar-refractivity contribution >= 4 is 17.4 Å². The Balaban J connectivity index is 1.94. The van der Waals surface area contributed by atoms with Gasteiger partial charge in [0.2, 0.25) is 0 Å². The summed E-state index contributed by atoms with van der Waals surface area (Å²) in [5.41, 5.74) is 0.820. The average Bonchev–Trinajstić information content (AvgIpc) is 2.94. The third kappa shape index (κ3) is 2.64. The van der Waals surface area contributed by atoms with E-state index in [1.807, 2.05) is 6.92 Å². The third-order valence-corrected chi connectivity index (χ3v) is 5.22. The first-order valence-corrected chi connectivity index (χ1v) is 8.13. The quantitative estimate of drug-likeness (QED) is 0.810. The van der Waals surface area contributed by atoms with Gasteiger partial charge in [0.25, 0.3) is 0 Å². The van der Waals surface area contributed by atoms with Crippen LogP contribution in [0.4, 0.5) is 5.82 Å². The molecule has 2 aliphatic rings. The van der Waals surface area contributed by atoms with Gasteiger partial charge in [-0.05, 0) is 25.7 Å². The zero-order chi connectivity index (χ0) is 15.4. The van der Waals surface area contributed by atoms with Crippen molar-refractivity contribution in [2.45, 2.75) is 52.1 Å². The van der Waals surface area contributed by atoms with Crippen molar-refractivity contribution in [2.75, 3.05) is 18.0 Å². The Bertz CT molecular complexity index is 555. The Morgan fingerprint density at radius 2 is 1.90 bits per heavy atom. The van der Waals surface area contributed by atoms with Gasteiger partial charge in [-0.1, -0.05) is 32.4 Å². The molecular formula is C16H24ClN3O. The SMILES string of the molecule is Cc1c(Cl)nc(C(C)(C)C)nc1N1CC2CCC(O)C2C1. The molecule has 5 heteroatoms. The van der Waals surface area contributed by atoms with Gasteiger partial charge in [0.05, 0.1) is 6.10 Å². The number of halogens is 1. The van der Waals surface area contributed by atoms with Gasteiger partial charge in [-0.2, -0.15) is 0 Å². The lowest BCUT2D eigenvalue weighted by atomic mass is 9.95. The van der Waals surface area contributed by atoms with Crippen LogP contribution in [-0.2, 0) is 5.41 Å². The molecule has 1 aliphatic carbocycles. The summed E-state index contributed by atoms with van der Waals surface area (Å²) in [6, 6.07) is 0. The second kappa shape index (κ2) is 5.10. The maximum atomic E-state index is 10.1. The van der Waals surface area contributed by atoms with Crippen molar-refractivity contribution in [3.05, 3.63) is 16.5 Å². The van der Waals surface area contributed by atoms with E-state index in [0.29, 0.717) is 17.0 Å². The van der Waals surface area contributed by atoms with Gasteiger partial charge >= 0.3 is 0 Å². The minimum absolute atomic E-state index is 0.124. The van der Waals surface area contributed by atoms with Gasteiger partial charge in [-0.25, -0.2) is 9.97 Å². The number of aliphatic hydroxyl groups excluding tert-OH is 1. The predicted molar refractivity (Wildman–Crippen MR) is 84.9 cm³/mol. The molecule has 1 N–H and O–H groups in total. The minimum atomic E-state index is -0.153. The van der Waals surface area contributed by atoms with Crippen molar-refractivity contribution in [2.24, 2.45) is 11.8 Å². The highest BCUT2D eigenvalue weighted by Gasteiger charge is 2.42. The molecule has 4 nitrogen and oxygen atoms in total. The molecule has 1 saturated heterocycles. The molecule has 3 rings (SSSR count). The van der Waals surface area contributed by atoms with Crippen molar-refractivity contribution < 1.29 is 5.11 Å². The summed E-state index contributed by atoms with van der Waals surface area (Å²) in [6.07, 6.45) is 1.91. The second-order valence-corrected chi connectivity index (χ2v) is 7.87. The highest BCUT2D eigenvalue weighted by atomic mass is 35.5. The second-order valence-electron chi connectivity index (χ2n) is 7.51. The Hall–Kier alpha value is -0.870. The Morgan fingerprint density at radius 1 is 1.19 bits per heavy atom. The summed E-state index contributed by atoms with van der Waals surface area (Å²) in [7, 11) is 0. The summed E-state index contributed by atoms with van der Waals surface area (Å²) in [5, 5.41) is 10.6. The average molecular weight is 310 g/mol. The van der Waals surface area contributed by atoms with Crippen molar-refractivity contribution in [1.29, 1.82) is 0 Å². The van der Waals surface area contributed by atoms with E-state index in [4.69, 9.17) is 16.6 Å². The zero-order valence-corrected chi connectivity index (χ0v) is 14.0. The highest BCUT2D eigenvalue weighted by Crippen LogP contribution is 2.41. The van der Waals surface area contributed by atoms with Crippen LogP contribution in [0.25, 0.3) is 0 Å². The van der Waals surface area contributed by atoms with Crippen LogP contribution in [-0.4, -0.2) is 34.3 Å². The van der Waals surface area contributed by atoms with Crippen LogP contribution >= 0.6 is 11.6 Å². The van der Waals surface area contributed by atoms with Crippen LogP contribution in [0.15, 0.2) is 0 Å². The summed E-state index contributed by atoms with van der Waals surface area (Å²) in [5.74, 6) is 2.70. The maximum absolute atomic E-state index is 10.1. The van der Waals surface area contributed by atoms with Gasteiger partial charge in [0, 0.05) is 30.0 Å². The van der Waals surface area contributed by atoms with E-state index in [1.54, 1.807) is 0 Å². The first-order chi connectivity index (χ1) is 9.77. The Labute approximate surface area is 131 Å². The first-order valence-electron chi connectivity index (χ1n) is 7.75. The monoisotopic (exact) mass is 309 g/mol. The van der Waals surface area contributed by atoms with Crippen LogP contribution in [0.2, 0.25) is 5.15 Å². The number of fused-ring (bicyclic) bond motifs is 1. The molecule has 0 bridgehead atoms. The molecule has 1 aromatic heterocycles. The van der Waals surface area contributed by atoms with E-state index in [2.05, 4.69) is 30.7 Å². The Morgan fingerprint density at radius 3 is 2.52 bits per heavy atom. The maximum Gasteiger partial charge on any atom is 0.137 e. The lowest BCUT2D eigenvalue weighted by Gasteiger charge is -2.25. The molecule has 0 aromatic carbocycles. The molecule has 21 heavy (non-hydrogen) atoms. The molecule has 3 atom stereocenters. The molecular weight excluding hydrogens is 286 g/mol. The van der Waals surface area contributed by atoms with E-state index in [0.717, 1.165) is 43.1 Å². The number of hydrogen-bond donors (Lipinski definition) is 1. The number of hydrogen-bond acceptors (Lipinski definition) is 4. The normalized spacial score (nSPS) is 29.0. The van der Waals surface area contributed by atoms with Gasteiger partial charge in [-0.15, -0.1) is 0 Å². The van der Waals surface area contributed by atoms with Crippen molar-refractivity contribution in [1.82, 2.24) is 9.97 Å². The van der Waals surface area contributed by atoms with Gasteiger partial charge < -0.3 is 10.0 Å². The molecule has 1 aromatic rings. The molecule has 0 radical (unpaired) electrons. The van der Waals surface area contributed by atoms with E-state index >= 15 is 0 Å². The molecule has 1 saturated carbocycles. The fourth-order valence-corrected chi connectivity index (χ4v) is 3.70. The predicted octanol–water partition coefficient (Wildman–Crippen LogP) is 2.94. The third-order valence-electron chi connectivity index (χ3n) is 4.85. The lowest BCUT2D eigenvalue weighted by Crippen LogP contribution is -2.27. The number of rotatable bonds is 1. The largest absolute Gasteiger partial charge is 0.393 e. The summed E-state index contributed by atoms with van der Waals surface area (Å²) in [4.78, 5) is 11.5. The molecule has 1 aliphatic heterocycles. The van der Waals surface area contributed by atoms with Gasteiger partial charge in [0.15, 0.2) is 0 Å². The zero-order valence-electron chi connectivity index (χ0n) is 13.2. The van der Waals surface area contributed by atoms with E-state index in [-0.39, 0.29) is 11.5 Å². The summed E-state index contributed by atoms with van der Waals surface area (Å²) >= 11 is 6.33. The molecule has 0 spiro atoms. The van der Waals surface area contributed by atoms with Crippen LogP contribution in [0.5, 0.6) is 0 Å². The van der Waals surface area contributed by atoms with E-state index in [9.17, 15) is 5.11 Å². The van der Waals surface area contributed by atoms with E-state index < -0.39 is 0 Å². The minimum Gasteiger partial charge on any atom is -0.393 e. The van der Waals surface area contributed by atoms with Crippen LogP contribution in [0.3, 0.4) is 0 Å². The molecule has 2 fully saturated rings. The van der Waals surface area contributed by atoms with Crippen LogP contribution in [0, 0.1) is 18.8 Å². The number of aromatic nitrogens is 2. The molecule has 3 unspecified atom stereocenters. The highest BCUT2D eigenvalue weighted by molar-refractivity contribution is 6.30. The fraction of sp³-hybridized carbons (Fsp3) is 0.750. The number of nitrogens with zero attached hydrogens (tertiary/aromatic N) is 3. The molecule has 116 valence electrons. The van der Waals surface area contributed by atoms with E-state index in [1.165, 1.54) is 0 Å². The topological polar surface area (TPSA) is 49.2 Å². The number of aliphatic hydroxyl groups is 1. The smallest absolute Gasteiger partial charge is 0.137 e. The van der Waals surface area contributed by atoms with Crippen molar-refractivity contribution in [3.63, 3.8) is 0 Å². The van der Waals surface area contributed by atoms with Crippen molar-refractivity contribution in [3.8, 4) is 0 Å². The molecule has 2 heterocycles. The van der Waals surface area contributed by atoms with Crippen LogP contribution < -0.4 is 4.90 Å².